The second-order valence-electron chi connectivity index (χ2n) is 8.49. The van der Waals surface area contributed by atoms with Crippen molar-refractivity contribution in [1.29, 1.82) is 0 Å². The molecule has 1 aromatic heterocycles. The Labute approximate surface area is 168 Å². The van der Waals surface area contributed by atoms with Crippen molar-refractivity contribution in [2.75, 3.05) is 57.4 Å². The topological polar surface area (TPSA) is 48.9 Å². The monoisotopic (exact) mass is 386 g/mol. The van der Waals surface area contributed by atoms with Gasteiger partial charge in [0.05, 0.1) is 13.2 Å². The fourth-order valence-electron chi connectivity index (χ4n) is 5.27. The van der Waals surface area contributed by atoms with Crippen LogP contribution in [0.1, 0.15) is 44.1 Å². The van der Waals surface area contributed by atoms with E-state index < -0.39 is 0 Å². The molecule has 1 aliphatic carbocycles. The van der Waals surface area contributed by atoms with E-state index in [0.717, 1.165) is 71.7 Å². The van der Waals surface area contributed by atoms with Crippen molar-refractivity contribution in [1.82, 2.24) is 14.8 Å². The summed E-state index contributed by atoms with van der Waals surface area (Å²) in [6, 6.07) is 2.10. The number of carbonyl (C=O) groups is 1. The average Bonchev–Trinajstić information content (AvgIpc) is 3.01. The number of ether oxygens (including phenoxy) is 1. The molecular formula is C22H34N4O2. The van der Waals surface area contributed by atoms with Gasteiger partial charge in [0.2, 0.25) is 5.91 Å². The minimum atomic E-state index is -0.288. The summed E-state index contributed by atoms with van der Waals surface area (Å²) >= 11 is 0. The smallest absolute Gasteiger partial charge is 0.243 e. The lowest BCUT2D eigenvalue weighted by molar-refractivity contribution is -0.151. The van der Waals surface area contributed by atoms with Gasteiger partial charge in [0.15, 0.2) is 0 Å². The van der Waals surface area contributed by atoms with E-state index in [-0.39, 0.29) is 5.54 Å². The van der Waals surface area contributed by atoms with Gasteiger partial charge >= 0.3 is 0 Å². The summed E-state index contributed by atoms with van der Waals surface area (Å²) in [4.78, 5) is 25.1. The normalized spacial score (nSPS) is 24.0. The second kappa shape index (κ2) is 8.78. The predicted octanol–water partition coefficient (Wildman–Crippen LogP) is 2.46. The third kappa shape index (κ3) is 3.90. The first kappa shape index (κ1) is 19.6. The van der Waals surface area contributed by atoms with Gasteiger partial charge in [-0.15, -0.1) is 0 Å². The van der Waals surface area contributed by atoms with E-state index >= 15 is 0 Å². The largest absolute Gasteiger partial charge is 0.379 e. The quantitative estimate of drug-likeness (QED) is 0.799. The molecule has 3 aliphatic rings. The first-order valence-electron chi connectivity index (χ1n) is 11.0. The zero-order chi connectivity index (χ0) is 19.4. The van der Waals surface area contributed by atoms with Crippen LogP contribution in [-0.2, 0) is 9.53 Å². The number of aromatic nitrogens is 1. The first-order chi connectivity index (χ1) is 13.7. The lowest BCUT2D eigenvalue weighted by atomic mass is 9.78. The lowest BCUT2D eigenvalue weighted by Crippen LogP contribution is -2.63. The molecule has 4 rings (SSSR count). The Bertz CT molecular complexity index is 668. The van der Waals surface area contributed by atoms with Crippen LogP contribution in [0.15, 0.2) is 18.5 Å². The molecule has 0 bridgehead atoms. The SMILES string of the molecule is Cc1cnccc1N1CCCN(C(=O)C2(N3CCOCC3)CCCCC2)CC1. The molecule has 0 spiro atoms. The van der Waals surface area contributed by atoms with E-state index in [1.165, 1.54) is 30.5 Å². The van der Waals surface area contributed by atoms with Crippen molar-refractivity contribution in [2.45, 2.75) is 51.0 Å². The van der Waals surface area contributed by atoms with Gasteiger partial charge in [0.1, 0.15) is 5.54 Å². The summed E-state index contributed by atoms with van der Waals surface area (Å²) in [6.07, 6.45) is 10.4. The van der Waals surface area contributed by atoms with Gasteiger partial charge in [-0.05, 0) is 37.8 Å². The van der Waals surface area contributed by atoms with Gasteiger partial charge in [-0.1, -0.05) is 19.3 Å². The molecule has 0 aromatic carbocycles. The number of pyridine rings is 1. The van der Waals surface area contributed by atoms with E-state index in [9.17, 15) is 4.79 Å². The number of carbonyl (C=O) groups excluding carboxylic acids is 1. The Morgan fingerprint density at radius 2 is 1.79 bits per heavy atom. The van der Waals surface area contributed by atoms with Crippen molar-refractivity contribution in [3.8, 4) is 0 Å². The van der Waals surface area contributed by atoms with Gasteiger partial charge in [0, 0.05) is 57.3 Å². The summed E-state index contributed by atoms with van der Waals surface area (Å²) in [6.45, 7) is 8.98. The predicted molar refractivity (Wildman–Crippen MR) is 111 cm³/mol. The number of nitrogens with zero attached hydrogens (tertiary/aromatic N) is 4. The average molecular weight is 387 g/mol. The molecule has 0 radical (unpaired) electrons. The van der Waals surface area contributed by atoms with Crippen LogP contribution >= 0.6 is 0 Å². The standard InChI is InChI=1S/C22H34N4O2/c1-19-18-23-9-6-20(19)24-10-5-11-25(13-12-24)21(27)22(7-3-2-4-8-22)26-14-16-28-17-15-26/h6,9,18H,2-5,7-8,10-17H2,1H3. The lowest BCUT2D eigenvalue weighted by Gasteiger charge is -2.48. The highest BCUT2D eigenvalue weighted by atomic mass is 16.5. The summed E-state index contributed by atoms with van der Waals surface area (Å²) in [7, 11) is 0. The zero-order valence-corrected chi connectivity index (χ0v) is 17.2. The summed E-state index contributed by atoms with van der Waals surface area (Å²) < 4.78 is 5.58. The molecule has 0 unspecified atom stereocenters. The van der Waals surface area contributed by atoms with Crippen LogP contribution in [0.25, 0.3) is 0 Å². The number of rotatable bonds is 3. The Hall–Kier alpha value is -1.66. The first-order valence-corrected chi connectivity index (χ1v) is 11.0. The highest BCUT2D eigenvalue weighted by Gasteiger charge is 2.47. The maximum Gasteiger partial charge on any atom is 0.243 e. The third-order valence-electron chi connectivity index (χ3n) is 6.81. The molecule has 1 saturated carbocycles. The fourth-order valence-corrected chi connectivity index (χ4v) is 5.27. The number of amides is 1. The Morgan fingerprint density at radius 1 is 1.00 bits per heavy atom. The Balaban J connectivity index is 1.49. The van der Waals surface area contributed by atoms with Gasteiger partial charge < -0.3 is 14.5 Å². The van der Waals surface area contributed by atoms with E-state index in [2.05, 4.69) is 32.7 Å². The molecular weight excluding hydrogens is 352 g/mol. The van der Waals surface area contributed by atoms with Crippen molar-refractivity contribution in [3.63, 3.8) is 0 Å². The molecule has 6 heteroatoms. The van der Waals surface area contributed by atoms with Crippen LogP contribution in [-0.4, -0.2) is 78.7 Å². The van der Waals surface area contributed by atoms with Crippen LogP contribution < -0.4 is 4.90 Å². The molecule has 28 heavy (non-hydrogen) atoms. The number of morpholine rings is 1. The highest BCUT2D eigenvalue weighted by Crippen LogP contribution is 2.36. The number of hydrogen-bond acceptors (Lipinski definition) is 5. The Kier molecular flexibility index (Phi) is 6.16. The molecule has 6 nitrogen and oxygen atoms in total. The number of anilines is 1. The highest BCUT2D eigenvalue weighted by molar-refractivity contribution is 5.86. The van der Waals surface area contributed by atoms with Crippen molar-refractivity contribution in [2.24, 2.45) is 0 Å². The molecule has 154 valence electrons. The van der Waals surface area contributed by atoms with Crippen LogP contribution in [0.4, 0.5) is 5.69 Å². The second-order valence-corrected chi connectivity index (χ2v) is 8.49. The molecule has 0 N–H and O–H groups in total. The minimum Gasteiger partial charge on any atom is -0.379 e. The van der Waals surface area contributed by atoms with Crippen LogP contribution in [0.5, 0.6) is 0 Å². The molecule has 3 fully saturated rings. The fraction of sp³-hybridized carbons (Fsp3) is 0.727. The summed E-state index contributed by atoms with van der Waals surface area (Å²) in [5.74, 6) is 0.377. The summed E-state index contributed by atoms with van der Waals surface area (Å²) in [5, 5.41) is 0. The molecule has 2 aliphatic heterocycles. The van der Waals surface area contributed by atoms with E-state index in [1.807, 2.05) is 12.4 Å². The van der Waals surface area contributed by atoms with Crippen LogP contribution in [0, 0.1) is 6.92 Å². The van der Waals surface area contributed by atoms with E-state index in [1.54, 1.807) is 0 Å². The van der Waals surface area contributed by atoms with Crippen molar-refractivity contribution in [3.05, 3.63) is 24.0 Å². The van der Waals surface area contributed by atoms with Gasteiger partial charge in [-0.3, -0.25) is 14.7 Å². The minimum absolute atomic E-state index is 0.288. The summed E-state index contributed by atoms with van der Waals surface area (Å²) in [5.41, 5.74) is 2.17. The van der Waals surface area contributed by atoms with E-state index in [4.69, 9.17) is 4.74 Å². The van der Waals surface area contributed by atoms with E-state index in [0.29, 0.717) is 5.91 Å². The van der Waals surface area contributed by atoms with Crippen LogP contribution in [0.3, 0.4) is 0 Å². The van der Waals surface area contributed by atoms with Gasteiger partial charge in [-0.25, -0.2) is 0 Å². The number of aryl methyl sites for hydroxylation is 1. The Morgan fingerprint density at radius 3 is 2.54 bits per heavy atom. The maximum absolute atomic E-state index is 13.9. The molecule has 2 saturated heterocycles. The van der Waals surface area contributed by atoms with Crippen molar-refractivity contribution >= 4 is 11.6 Å². The zero-order valence-electron chi connectivity index (χ0n) is 17.2. The molecule has 1 aromatic rings. The molecule has 1 amide bonds. The molecule has 3 heterocycles. The maximum atomic E-state index is 13.9. The van der Waals surface area contributed by atoms with Gasteiger partial charge in [0.25, 0.3) is 0 Å². The van der Waals surface area contributed by atoms with Gasteiger partial charge in [-0.2, -0.15) is 0 Å². The van der Waals surface area contributed by atoms with Crippen LogP contribution in [0.2, 0.25) is 0 Å². The number of hydrogen-bond donors (Lipinski definition) is 0. The third-order valence-corrected chi connectivity index (χ3v) is 6.81. The van der Waals surface area contributed by atoms with Crippen molar-refractivity contribution < 1.29 is 9.53 Å². The molecule has 0 atom stereocenters.